The van der Waals surface area contributed by atoms with Gasteiger partial charge in [-0.2, -0.15) is 0 Å². The lowest BCUT2D eigenvalue weighted by Crippen LogP contribution is -2.41. The van der Waals surface area contributed by atoms with Gasteiger partial charge < -0.3 is 15.5 Å². The predicted octanol–water partition coefficient (Wildman–Crippen LogP) is 2.38. The average Bonchev–Trinajstić information content (AvgIpc) is 2.59. The van der Waals surface area contributed by atoms with Gasteiger partial charge in [0, 0.05) is 19.1 Å². The van der Waals surface area contributed by atoms with Crippen LogP contribution in [0.25, 0.3) is 0 Å². The van der Waals surface area contributed by atoms with Gasteiger partial charge in [0.15, 0.2) is 0 Å². The number of anilines is 1. The second-order valence-electron chi connectivity index (χ2n) is 5.37. The molecule has 1 aliphatic heterocycles. The molecule has 0 aromatic heterocycles. The molecule has 1 unspecified atom stereocenters. The third kappa shape index (κ3) is 3.10. The summed E-state index contributed by atoms with van der Waals surface area (Å²) in [6, 6.07) is 5.43. The summed E-state index contributed by atoms with van der Waals surface area (Å²) in [4.78, 5) is 4.72. The van der Waals surface area contributed by atoms with Gasteiger partial charge in [0.25, 0.3) is 0 Å². The predicted molar refractivity (Wildman–Crippen MR) is 85.8 cm³/mol. The quantitative estimate of drug-likeness (QED) is 0.868. The van der Waals surface area contributed by atoms with E-state index in [4.69, 9.17) is 18.0 Å². The lowest BCUT2D eigenvalue weighted by molar-refractivity contribution is 0.328. The monoisotopic (exact) mass is 295 g/mol. The van der Waals surface area contributed by atoms with Crippen molar-refractivity contribution in [3.05, 3.63) is 29.6 Å². The Morgan fingerprint density at radius 1 is 1.45 bits per heavy atom. The van der Waals surface area contributed by atoms with Crippen LogP contribution in [0.15, 0.2) is 18.2 Å². The second kappa shape index (κ2) is 6.50. The number of thiocarbonyl (C=S) groups is 1. The van der Waals surface area contributed by atoms with Gasteiger partial charge in [0.2, 0.25) is 0 Å². The second-order valence-corrected chi connectivity index (χ2v) is 5.81. The number of hydrogen-bond acceptors (Lipinski definition) is 3. The zero-order chi connectivity index (χ0) is 14.7. The van der Waals surface area contributed by atoms with Crippen LogP contribution >= 0.6 is 12.2 Å². The maximum atomic E-state index is 14.1. The van der Waals surface area contributed by atoms with Crippen LogP contribution in [0.2, 0.25) is 0 Å². The van der Waals surface area contributed by atoms with Crippen LogP contribution in [-0.2, 0) is 0 Å². The van der Waals surface area contributed by atoms with Crippen molar-refractivity contribution in [1.82, 2.24) is 4.90 Å². The fraction of sp³-hybridized carbons (Fsp3) is 0.533. The van der Waals surface area contributed by atoms with Gasteiger partial charge in [-0.15, -0.1) is 0 Å². The highest BCUT2D eigenvalue weighted by Gasteiger charge is 2.25. The number of rotatable bonds is 3. The Kier molecular flexibility index (Phi) is 4.94. The maximum Gasteiger partial charge on any atom is 0.135 e. The summed E-state index contributed by atoms with van der Waals surface area (Å²) in [6.45, 7) is 5.10. The van der Waals surface area contributed by atoms with E-state index >= 15 is 0 Å². The molecule has 5 heteroatoms. The largest absolute Gasteiger partial charge is 0.389 e. The van der Waals surface area contributed by atoms with Crippen LogP contribution in [0.3, 0.4) is 0 Å². The minimum absolute atomic E-state index is 0.130. The minimum atomic E-state index is -0.331. The van der Waals surface area contributed by atoms with E-state index in [9.17, 15) is 4.39 Å². The molecule has 0 saturated carbocycles. The van der Waals surface area contributed by atoms with Gasteiger partial charge in [-0.3, -0.25) is 0 Å². The van der Waals surface area contributed by atoms with Gasteiger partial charge in [-0.1, -0.05) is 25.2 Å². The molecule has 2 rings (SSSR count). The number of halogens is 1. The fourth-order valence-corrected chi connectivity index (χ4v) is 3.11. The molecule has 0 radical (unpaired) electrons. The molecule has 1 heterocycles. The molecular formula is C15H22FN3S. The minimum Gasteiger partial charge on any atom is -0.389 e. The first kappa shape index (κ1) is 15.2. The first-order valence-electron chi connectivity index (χ1n) is 7.08. The number of likely N-dealkylation sites (N-methyl/N-ethyl adjacent to an activating group) is 1. The first-order valence-corrected chi connectivity index (χ1v) is 7.49. The van der Waals surface area contributed by atoms with Crippen molar-refractivity contribution in [3.8, 4) is 0 Å². The van der Waals surface area contributed by atoms with Crippen molar-refractivity contribution >= 4 is 22.9 Å². The molecule has 0 bridgehead atoms. The van der Waals surface area contributed by atoms with Gasteiger partial charge in [0.05, 0.1) is 11.3 Å². The van der Waals surface area contributed by atoms with E-state index in [1.54, 1.807) is 6.07 Å². The molecule has 0 amide bonds. The number of benzene rings is 1. The van der Waals surface area contributed by atoms with Crippen molar-refractivity contribution in [2.45, 2.75) is 25.8 Å². The molecule has 1 aromatic rings. The fourth-order valence-electron chi connectivity index (χ4n) is 2.91. The molecule has 2 N–H and O–H groups in total. The summed E-state index contributed by atoms with van der Waals surface area (Å²) in [7, 11) is 2.13. The zero-order valence-electron chi connectivity index (χ0n) is 12.1. The van der Waals surface area contributed by atoms with Crippen molar-refractivity contribution in [3.63, 3.8) is 0 Å². The third-order valence-electron chi connectivity index (χ3n) is 3.92. The van der Waals surface area contributed by atoms with Gasteiger partial charge in [-0.05, 0) is 38.6 Å². The van der Waals surface area contributed by atoms with E-state index in [1.807, 2.05) is 6.07 Å². The molecule has 0 aliphatic carbocycles. The highest BCUT2D eigenvalue weighted by molar-refractivity contribution is 7.80. The Balaban J connectivity index is 2.43. The van der Waals surface area contributed by atoms with Crippen molar-refractivity contribution in [2.75, 3.05) is 31.6 Å². The van der Waals surface area contributed by atoms with Crippen molar-refractivity contribution < 1.29 is 4.39 Å². The van der Waals surface area contributed by atoms with Crippen molar-refractivity contribution in [2.24, 2.45) is 5.73 Å². The van der Waals surface area contributed by atoms with Crippen molar-refractivity contribution in [1.29, 1.82) is 0 Å². The smallest absolute Gasteiger partial charge is 0.135 e. The maximum absolute atomic E-state index is 14.1. The van der Waals surface area contributed by atoms with Gasteiger partial charge in [0.1, 0.15) is 10.8 Å². The van der Waals surface area contributed by atoms with Gasteiger partial charge in [-0.25, -0.2) is 4.39 Å². The van der Waals surface area contributed by atoms with E-state index in [1.165, 1.54) is 6.07 Å². The zero-order valence-corrected chi connectivity index (χ0v) is 12.9. The molecule has 1 aromatic carbocycles. The molecule has 1 saturated heterocycles. The third-order valence-corrected chi connectivity index (χ3v) is 4.12. The molecule has 1 fully saturated rings. The summed E-state index contributed by atoms with van der Waals surface area (Å²) < 4.78 is 14.1. The van der Waals surface area contributed by atoms with E-state index in [-0.39, 0.29) is 10.8 Å². The first-order chi connectivity index (χ1) is 9.54. The summed E-state index contributed by atoms with van der Waals surface area (Å²) in [6.07, 6.45) is 2.07. The lowest BCUT2D eigenvalue weighted by atomic mass is 10.1. The molecule has 1 atom stereocenters. The molecular weight excluding hydrogens is 273 g/mol. The molecule has 110 valence electrons. The average molecular weight is 295 g/mol. The van der Waals surface area contributed by atoms with E-state index < -0.39 is 0 Å². The molecule has 0 spiro atoms. The van der Waals surface area contributed by atoms with Crippen LogP contribution in [0, 0.1) is 5.82 Å². The molecule has 3 nitrogen and oxygen atoms in total. The normalized spacial score (nSPS) is 20.8. The van der Waals surface area contributed by atoms with Crippen LogP contribution in [0.4, 0.5) is 10.1 Å². The Morgan fingerprint density at radius 2 is 2.20 bits per heavy atom. The standard InChI is InChI=1S/C15H22FN3S/c1-3-11-10-18(2)8-5-9-19(11)13-7-4-6-12(16)14(13)15(17)20/h4,6-7,11H,3,5,8-10H2,1-2H3,(H2,17,20). The lowest BCUT2D eigenvalue weighted by Gasteiger charge is -2.33. The van der Waals surface area contributed by atoms with Crippen LogP contribution in [-0.4, -0.2) is 42.6 Å². The van der Waals surface area contributed by atoms with Crippen LogP contribution in [0.5, 0.6) is 0 Å². The van der Waals surface area contributed by atoms with Crippen LogP contribution < -0.4 is 10.6 Å². The summed E-state index contributed by atoms with van der Waals surface area (Å²) >= 11 is 5.04. The number of hydrogen-bond donors (Lipinski definition) is 1. The Morgan fingerprint density at radius 3 is 2.85 bits per heavy atom. The number of nitrogens with two attached hydrogens (primary N) is 1. The Bertz CT molecular complexity index is 492. The van der Waals surface area contributed by atoms with Gasteiger partial charge >= 0.3 is 0 Å². The van der Waals surface area contributed by atoms with E-state index in [2.05, 4.69) is 23.8 Å². The summed E-state index contributed by atoms with van der Waals surface area (Å²) in [5.41, 5.74) is 6.94. The molecule has 1 aliphatic rings. The Labute approximate surface area is 125 Å². The highest BCUT2D eigenvalue weighted by atomic mass is 32.1. The van der Waals surface area contributed by atoms with E-state index in [0.717, 1.165) is 38.2 Å². The van der Waals surface area contributed by atoms with Crippen LogP contribution in [0.1, 0.15) is 25.3 Å². The van der Waals surface area contributed by atoms with E-state index in [0.29, 0.717) is 11.6 Å². The SMILES string of the molecule is CCC1CN(C)CCCN1c1cccc(F)c1C(N)=S. The summed E-state index contributed by atoms with van der Waals surface area (Å²) in [5, 5.41) is 0. The topological polar surface area (TPSA) is 32.5 Å². The molecule has 20 heavy (non-hydrogen) atoms. The number of nitrogens with zero attached hydrogens (tertiary/aromatic N) is 2. The highest BCUT2D eigenvalue weighted by Crippen LogP contribution is 2.27. The Hall–Kier alpha value is -1.20. The summed E-state index contributed by atoms with van der Waals surface area (Å²) in [5.74, 6) is -0.331.